The number of pyridine rings is 1. The van der Waals surface area contributed by atoms with E-state index < -0.39 is 6.23 Å². The minimum absolute atomic E-state index is 0.0788. The van der Waals surface area contributed by atoms with Crippen LogP contribution in [0.3, 0.4) is 0 Å². The molecule has 0 aromatic carbocycles. The fourth-order valence-corrected chi connectivity index (χ4v) is 2.79. The zero-order valence-electron chi connectivity index (χ0n) is 17.3. The molecule has 0 spiro atoms. The normalized spacial score (nSPS) is 14.4. The number of aliphatic imine (C=N–C) groups is 1. The first-order valence-electron chi connectivity index (χ1n) is 9.42. The Morgan fingerprint density at radius 3 is 2.68 bits per heavy atom. The Morgan fingerprint density at radius 1 is 1.43 bits per heavy atom. The van der Waals surface area contributed by atoms with Crippen molar-refractivity contribution in [2.24, 2.45) is 4.99 Å². The van der Waals surface area contributed by atoms with Gasteiger partial charge in [0.05, 0.1) is 13.2 Å². The van der Waals surface area contributed by atoms with Crippen molar-refractivity contribution >= 4 is 23.5 Å². The molecule has 1 rings (SSSR count). The van der Waals surface area contributed by atoms with Crippen molar-refractivity contribution in [1.29, 1.82) is 5.41 Å². The molecular formula is C20H31ClN4O3. The SMILES string of the molecule is CC/C=C(/Cl)CC(O)N(C)C(=NC(=N)OC)c1ccc(O[C@H](C)CCC)nc1. The van der Waals surface area contributed by atoms with Gasteiger partial charge in [-0.15, -0.1) is 0 Å². The van der Waals surface area contributed by atoms with Crippen LogP contribution in [0.5, 0.6) is 5.88 Å². The van der Waals surface area contributed by atoms with Crippen molar-refractivity contribution in [2.75, 3.05) is 14.2 Å². The van der Waals surface area contributed by atoms with Gasteiger partial charge in [-0.2, -0.15) is 4.99 Å². The number of ether oxygens (including phenoxy) is 2. The summed E-state index contributed by atoms with van der Waals surface area (Å²) in [7, 11) is 3.04. The quantitative estimate of drug-likeness (QED) is 0.362. The summed E-state index contributed by atoms with van der Waals surface area (Å²) in [6, 6.07) is 3.26. The fraction of sp³-hybridized carbons (Fsp3) is 0.550. The Hall–Kier alpha value is -2.12. The summed E-state index contributed by atoms with van der Waals surface area (Å²) in [6.07, 6.45) is 5.62. The number of hydrogen-bond acceptors (Lipinski definition) is 5. The van der Waals surface area contributed by atoms with Crippen LogP contribution in [0.25, 0.3) is 0 Å². The molecule has 0 fully saturated rings. The predicted octanol–water partition coefficient (Wildman–Crippen LogP) is 4.15. The van der Waals surface area contributed by atoms with Gasteiger partial charge >= 0.3 is 6.02 Å². The minimum Gasteiger partial charge on any atom is -0.475 e. The van der Waals surface area contributed by atoms with Gasteiger partial charge in [-0.3, -0.25) is 0 Å². The van der Waals surface area contributed by atoms with Crippen LogP contribution < -0.4 is 4.74 Å². The van der Waals surface area contributed by atoms with Crippen LogP contribution >= 0.6 is 11.6 Å². The second-order valence-corrected chi connectivity index (χ2v) is 6.89. The first-order valence-corrected chi connectivity index (χ1v) is 9.79. The lowest BCUT2D eigenvalue weighted by atomic mass is 10.2. The van der Waals surface area contributed by atoms with E-state index >= 15 is 0 Å². The first-order chi connectivity index (χ1) is 13.3. The molecule has 2 atom stereocenters. The van der Waals surface area contributed by atoms with Gasteiger partial charge in [0.1, 0.15) is 12.1 Å². The monoisotopic (exact) mass is 410 g/mol. The van der Waals surface area contributed by atoms with Crippen molar-refractivity contribution in [2.45, 2.75) is 58.8 Å². The number of amidine groups is 2. The first kappa shape index (κ1) is 23.9. The van der Waals surface area contributed by atoms with E-state index in [1.807, 2.05) is 19.9 Å². The molecule has 0 amide bonds. The van der Waals surface area contributed by atoms with Gasteiger partial charge in [-0.05, 0) is 25.8 Å². The molecule has 0 saturated carbocycles. The molecule has 0 aliphatic carbocycles. The molecule has 8 heteroatoms. The van der Waals surface area contributed by atoms with E-state index in [4.69, 9.17) is 26.5 Å². The molecule has 0 radical (unpaired) electrons. The molecule has 1 aromatic heterocycles. The molecule has 156 valence electrons. The smallest absolute Gasteiger partial charge is 0.310 e. The van der Waals surface area contributed by atoms with Crippen LogP contribution in [0.4, 0.5) is 0 Å². The molecule has 0 saturated heterocycles. The number of aliphatic hydroxyl groups excluding tert-OH is 1. The highest BCUT2D eigenvalue weighted by atomic mass is 35.5. The molecule has 1 aromatic rings. The van der Waals surface area contributed by atoms with Crippen LogP contribution in [0, 0.1) is 5.41 Å². The predicted molar refractivity (Wildman–Crippen MR) is 113 cm³/mol. The van der Waals surface area contributed by atoms with Gasteiger partial charge in [0.15, 0.2) is 0 Å². The van der Waals surface area contributed by atoms with Crippen molar-refractivity contribution in [3.8, 4) is 5.88 Å². The summed E-state index contributed by atoms with van der Waals surface area (Å²) in [5.41, 5.74) is 0.620. The van der Waals surface area contributed by atoms with Crippen LogP contribution in [-0.2, 0) is 4.74 Å². The average molecular weight is 411 g/mol. The lowest BCUT2D eigenvalue weighted by Gasteiger charge is -2.27. The lowest BCUT2D eigenvalue weighted by Crippen LogP contribution is -2.38. The van der Waals surface area contributed by atoms with Crippen LogP contribution in [0.1, 0.15) is 52.0 Å². The van der Waals surface area contributed by atoms with E-state index in [0.29, 0.717) is 22.3 Å². The summed E-state index contributed by atoms with van der Waals surface area (Å²) in [5.74, 6) is 0.865. The van der Waals surface area contributed by atoms with Crippen molar-refractivity contribution < 1.29 is 14.6 Å². The van der Waals surface area contributed by atoms with Gasteiger partial charge in [0, 0.05) is 36.3 Å². The molecule has 0 aliphatic heterocycles. The number of aromatic nitrogens is 1. The topological polar surface area (TPSA) is 91.0 Å². The zero-order valence-corrected chi connectivity index (χ0v) is 18.0. The van der Waals surface area contributed by atoms with Gasteiger partial charge in [-0.25, -0.2) is 10.4 Å². The third kappa shape index (κ3) is 7.86. The molecule has 7 nitrogen and oxygen atoms in total. The number of rotatable bonds is 9. The highest BCUT2D eigenvalue weighted by Gasteiger charge is 2.20. The largest absolute Gasteiger partial charge is 0.475 e. The second-order valence-electron chi connectivity index (χ2n) is 6.40. The fourth-order valence-electron chi connectivity index (χ4n) is 2.50. The maximum Gasteiger partial charge on any atom is 0.310 e. The number of aliphatic hydroxyl groups is 1. The average Bonchev–Trinajstić information content (AvgIpc) is 2.66. The van der Waals surface area contributed by atoms with E-state index in [2.05, 4.69) is 16.9 Å². The molecule has 2 N–H and O–H groups in total. The maximum atomic E-state index is 10.5. The molecule has 0 aliphatic rings. The summed E-state index contributed by atoms with van der Waals surface area (Å²) in [4.78, 5) is 10.0. The van der Waals surface area contributed by atoms with E-state index in [9.17, 15) is 5.11 Å². The highest BCUT2D eigenvalue weighted by molar-refractivity contribution is 6.29. The lowest BCUT2D eigenvalue weighted by molar-refractivity contribution is 0.0719. The van der Waals surface area contributed by atoms with Gasteiger partial charge in [0.25, 0.3) is 0 Å². The van der Waals surface area contributed by atoms with Crippen molar-refractivity contribution in [3.63, 3.8) is 0 Å². The van der Waals surface area contributed by atoms with E-state index in [-0.39, 0.29) is 18.5 Å². The Labute approximate surface area is 172 Å². The number of methoxy groups -OCH3 is 1. The molecule has 0 bridgehead atoms. The molecular weight excluding hydrogens is 380 g/mol. The van der Waals surface area contributed by atoms with Crippen LogP contribution in [-0.4, -0.2) is 53.3 Å². The number of nitrogens with one attached hydrogen (secondary N) is 1. The van der Waals surface area contributed by atoms with Crippen LogP contribution in [0.15, 0.2) is 34.4 Å². The number of halogens is 1. The van der Waals surface area contributed by atoms with Gasteiger partial charge in [-0.1, -0.05) is 37.9 Å². The Bertz CT molecular complexity index is 677. The Morgan fingerprint density at radius 2 is 2.14 bits per heavy atom. The Kier molecular flexibility index (Phi) is 10.6. The summed E-state index contributed by atoms with van der Waals surface area (Å²) in [6.45, 7) is 6.08. The molecule has 1 unspecified atom stereocenters. The van der Waals surface area contributed by atoms with E-state index in [1.54, 1.807) is 25.4 Å². The summed E-state index contributed by atoms with van der Waals surface area (Å²) >= 11 is 6.14. The standard InChI is InChI=1S/C20H31ClN4O3/c1-6-8-14(3)28-17-11-10-15(13-23-17)19(24-20(22)27-5)25(4)18(26)12-16(21)9-7-2/h9-11,13-14,18,22,26H,6-8,12H2,1-5H3/b16-9+,22-20?,24-19?/t14-,18?/m1/s1. The van der Waals surface area contributed by atoms with E-state index in [0.717, 1.165) is 19.3 Å². The van der Waals surface area contributed by atoms with Crippen molar-refractivity contribution in [3.05, 3.63) is 35.0 Å². The number of allylic oxidation sites excluding steroid dienone is 1. The zero-order chi connectivity index (χ0) is 21.1. The minimum atomic E-state index is -0.917. The summed E-state index contributed by atoms with van der Waals surface area (Å²) < 4.78 is 10.6. The molecule has 28 heavy (non-hydrogen) atoms. The third-order valence-electron chi connectivity index (χ3n) is 4.00. The molecule has 1 heterocycles. The Balaban J connectivity index is 3.06. The van der Waals surface area contributed by atoms with Crippen LogP contribution in [0.2, 0.25) is 0 Å². The highest BCUT2D eigenvalue weighted by Crippen LogP contribution is 2.18. The van der Waals surface area contributed by atoms with Gasteiger partial charge < -0.3 is 19.5 Å². The summed E-state index contributed by atoms with van der Waals surface area (Å²) in [5, 5.41) is 18.8. The van der Waals surface area contributed by atoms with Gasteiger partial charge in [0.2, 0.25) is 5.88 Å². The number of hydrogen-bond donors (Lipinski definition) is 2. The third-order valence-corrected chi connectivity index (χ3v) is 4.31. The van der Waals surface area contributed by atoms with Crippen molar-refractivity contribution in [1.82, 2.24) is 9.88 Å². The number of nitrogens with zero attached hydrogens (tertiary/aromatic N) is 3. The second kappa shape index (κ2) is 12.4. The maximum absolute atomic E-state index is 10.5. The van der Waals surface area contributed by atoms with E-state index in [1.165, 1.54) is 12.0 Å².